The van der Waals surface area contributed by atoms with E-state index in [0.717, 1.165) is 25.9 Å². The molecule has 1 amide bonds. The lowest BCUT2D eigenvalue weighted by molar-refractivity contribution is -0.135. The van der Waals surface area contributed by atoms with E-state index in [1.165, 1.54) is 0 Å². The molecule has 70 valence electrons. The molecule has 1 rings (SSSR count). The Hall–Kier alpha value is -0.220. The van der Waals surface area contributed by atoms with Crippen LogP contribution in [0.1, 0.15) is 12.8 Å². The van der Waals surface area contributed by atoms with E-state index in [4.69, 9.17) is 4.74 Å². The van der Waals surface area contributed by atoms with Crippen molar-refractivity contribution in [2.45, 2.75) is 18.1 Å². The highest BCUT2D eigenvalue weighted by Crippen LogP contribution is 2.14. The van der Waals surface area contributed by atoms with Crippen LogP contribution in [0.2, 0.25) is 0 Å². The lowest BCUT2D eigenvalue weighted by Crippen LogP contribution is -2.40. The third-order valence-corrected chi connectivity index (χ3v) is 2.60. The van der Waals surface area contributed by atoms with Crippen molar-refractivity contribution < 1.29 is 9.53 Å². The van der Waals surface area contributed by atoms with Crippen molar-refractivity contribution in [3.8, 4) is 0 Å². The van der Waals surface area contributed by atoms with Crippen molar-refractivity contribution in [2.75, 3.05) is 26.8 Å². The number of carbonyl (C=O) groups excluding carboxylic acids is 1. The maximum Gasteiger partial charge on any atom is 0.248 e. The molecule has 4 heteroatoms. The Morgan fingerprint density at radius 3 is 2.67 bits per heavy atom. The number of nitrogens with zero attached hydrogens (tertiary/aromatic N) is 1. The summed E-state index contributed by atoms with van der Waals surface area (Å²) >= 11 is 4.35. The van der Waals surface area contributed by atoms with Gasteiger partial charge in [-0.15, -0.1) is 0 Å². The molecule has 0 bridgehead atoms. The van der Waals surface area contributed by atoms with Crippen molar-refractivity contribution in [1.82, 2.24) is 4.90 Å². The number of rotatable bonds is 2. The largest absolute Gasteiger partial charge is 0.375 e. The number of piperidine rings is 1. The summed E-state index contributed by atoms with van der Waals surface area (Å²) in [5.41, 5.74) is 0. The minimum absolute atomic E-state index is 0.0951. The van der Waals surface area contributed by atoms with Gasteiger partial charge in [0.2, 0.25) is 5.91 Å². The third kappa shape index (κ3) is 2.68. The van der Waals surface area contributed by atoms with E-state index < -0.39 is 0 Å². The Labute approximate surface area is 78.5 Å². The summed E-state index contributed by atoms with van der Waals surface area (Å²) < 4.78 is 4.77. The van der Waals surface area contributed by atoms with E-state index in [2.05, 4.69) is 12.6 Å². The molecule has 0 radical (unpaired) electrons. The summed E-state index contributed by atoms with van der Waals surface area (Å²) in [6.07, 6.45) is 2.00. The molecule has 1 aliphatic heterocycles. The van der Waals surface area contributed by atoms with Gasteiger partial charge in [0.1, 0.15) is 6.61 Å². The van der Waals surface area contributed by atoms with Crippen LogP contribution in [0.25, 0.3) is 0 Å². The smallest absolute Gasteiger partial charge is 0.248 e. The van der Waals surface area contributed by atoms with Crippen LogP contribution in [0.15, 0.2) is 0 Å². The fourth-order valence-corrected chi connectivity index (χ4v) is 1.56. The Bertz CT molecular complexity index is 155. The summed E-state index contributed by atoms with van der Waals surface area (Å²) in [6.45, 7) is 1.87. The molecule has 0 N–H and O–H groups in total. The molecule has 0 aromatic heterocycles. The first-order chi connectivity index (χ1) is 5.74. The molecule has 0 unspecified atom stereocenters. The second-order valence-corrected chi connectivity index (χ2v) is 3.78. The molecule has 0 atom stereocenters. The first-order valence-electron chi connectivity index (χ1n) is 4.19. The van der Waals surface area contributed by atoms with Crippen LogP contribution in [-0.4, -0.2) is 42.9 Å². The van der Waals surface area contributed by atoms with Crippen LogP contribution in [0.4, 0.5) is 0 Å². The molecule has 1 heterocycles. The van der Waals surface area contributed by atoms with Gasteiger partial charge < -0.3 is 9.64 Å². The number of likely N-dealkylation sites (tertiary alicyclic amines) is 1. The van der Waals surface area contributed by atoms with Gasteiger partial charge in [-0.3, -0.25) is 4.79 Å². The normalized spacial score (nSPS) is 19.7. The number of methoxy groups -OCH3 is 1. The number of carbonyl (C=O) groups is 1. The second kappa shape index (κ2) is 4.72. The van der Waals surface area contributed by atoms with Crippen molar-refractivity contribution in [2.24, 2.45) is 0 Å². The van der Waals surface area contributed by atoms with Gasteiger partial charge in [-0.2, -0.15) is 12.6 Å². The second-order valence-electron chi connectivity index (χ2n) is 3.04. The fourth-order valence-electron chi connectivity index (χ4n) is 1.33. The quantitative estimate of drug-likeness (QED) is 0.643. The number of hydrogen-bond donors (Lipinski definition) is 1. The van der Waals surface area contributed by atoms with Crippen LogP contribution in [0.3, 0.4) is 0 Å². The van der Waals surface area contributed by atoms with E-state index in [1.54, 1.807) is 7.11 Å². The predicted octanol–water partition coefficient (Wildman–Crippen LogP) is 0.554. The van der Waals surface area contributed by atoms with Crippen LogP contribution in [0.5, 0.6) is 0 Å². The maximum atomic E-state index is 11.3. The van der Waals surface area contributed by atoms with E-state index in [-0.39, 0.29) is 12.5 Å². The predicted molar refractivity (Wildman–Crippen MR) is 50.5 cm³/mol. The molecule has 0 aliphatic carbocycles. The zero-order valence-electron chi connectivity index (χ0n) is 7.32. The maximum absolute atomic E-state index is 11.3. The van der Waals surface area contributed by atoms with Crippen LogP contribution < -0.4 is 0 Å². The van der Waals surface area contributed by atoms with Crippen molar-refractivity contribution in [3.63, 3.8) is 0 Å². The Morgan fingerprint density at radius 2 is 2.17 bits per heavy atom. The highest BCUT2D eigenvalue weighted by atomic mass is 32.1. The van der Waals surface area contributed by atoms with E-state index >= 15 is 0 Å². The Kier molecular flexibility index (Phi) is 3.88. The lowest BCUT2D eigenvalue weighted by atomic mass is 10.1. The average molecular weight is 189 g/mol. The summed E-state index contributed by atoms with van der Waals surface area (Å²) in [5, 5.41) is 0.469. The summed E-state index contributed by atoms with van der Waals surface area (Å²) in [4.78, 5) is 13.1. The van der Waals surface area contributed by atoms with Gasteiger partial charge in [0.25, 0.3) is 0 Å². The SMILES string of the molecule is COCC(=O)N1CCC(S)CC1. The molecular formula is C8H15NO2S. The minimum atomic E-state index is 0.0951. The zero-order chi connectivity index (χ0) is 8.97. The van der Waals surface area contributed by atoms with Gasteiger partial charge in [-0.1, -0.05) is 0 Å². The van der Waals surface area contributed by atoms with Crippen LogP contribution in [0, 0.1) is 0 Å². The summed E-state index contributed by atoms with van der Waals surface area (Å²) in [7, 11) is 1.54. The zero-order valence-corrected chi connectivity index (χ0v) is 8.22. The van der Waals surface area contributed by atoms with E-state index in [1.807, 2.05) is 4.90 Å². The molecule has 1 aliphatic rings. The van der Waals surface area contributed by atoms with Gasteiger partial charge in [-0.05, 0) is 12.8 Å². The Balaban J connectivity index is 2.29. The average Bonchev–Trinajstić information content (AvgIpc) is 2.06. The van der Waals surface area contributed by atoms with Crippen LogP contribution in [-0.2, 0) is 9.53 Å². The number of thiol groups is 1. The van der Waals surface area contributed by atoms with Crippen molar-refractivity contribution in [1.29, 1.82) is 0 Å². The van der Waals surface area contributed by atoms with Crippen LogP contribution >= 0.6 is 12.6 Å². The van der Waals surface area contributed by atoms with Gasteiger partial charge in [0.05, 0.1) is 0 Å². The van der Waals surface area contributed by atoms with Crippen molar-refractivity contribution >= 4 is 18.5 Å². The first kappa shape index (κ1) is 9.86. The molecule has 1 fully saturated rings. The standard InChI is InChI=1S/C8H15NO2S/c1-11-6-8(10)9-4-2-7(12)3-5-9/h7,12H,2-6H2,1H3. The highest BCUT2D eigenvalue weighted by Gasteiger charge is 2.19. The number of hydrogen-bond acceptors (Lipinski definition) is 3. The molecular weight excluding hydrogens is 174 g/mol. The number of amides is 1. The summed E-state index contributed by atoms with van der Waals surface area (Å²) in [6, 6.07) is 0. The highest BCUT2D eigenvalue weighted by molar-refractivity contribution is 7.80. The molecule has 3 nitrogen and oxygen atoms in total. The number of ether oxygens (including phenoxy) is 1. The van der Waals surface area contributed by atoms with E-state index in [0.29, 0.717) is 5.25 Å². The molecule has 1 saturated heterocycles. The Morgan fingerprint density at radius 1 is 1.58 bits per heavy atom. The lowest BCUT2D eigenvalue weighted by Gasteiger charge is -2.29. The third-order valence-electron chi connectivity index (χ3n) is 2.08. The van der Waals surface area contributed by atoms with Crippen molar-refractivity contribution in [3.05, 3.63) is 0 Å². The van der Waals surface area contributed by atoms with Gasteiger partial charge in [-0.25, -0.2) is 0 Å². The minimum Gasteiger partial charge on any atom is -0.375 e. The topological polar surface area (TPSA) is 29.5 Å². The monoisotopic (exact) mass is 189 g/mol. The molecule has 0 aromatic rings. The molecule has 0 aromatic carbocycles. The van der Waals surface area contributed by atoms with Gasteiger partial charge >= 0.3 is 0 Å². The van der Waals surface area contributed by atoms with Gasteiger partial charge in [0, 0.05) is 25.4 Å². The first-order valence-corrected chi connectivity index (χ1v) is 4.70. The fraction of sp³-hybridized carbons (Fsp3) is 0.875. The summed E-state index contributed by atoms with van der Waals surface area (Å²) in [5.74, 6) is 0.0951. The van der Waals surface area contributed by atoms with Gasteiger partial charge in [0.15, 0.2) is 0 Å². The van der Waals surface area contributed by atoms with E-state index in [9.17, 15) is 4.79 Å². The molecule has 0 spiro atoms. The molecule has 12 heavy (non-hydrogen) atoms. The molecule has 0 saturated carbocycles.